The van der Waals surface area contributed by atoms with Crippen molar-refractivity contribution >= 4 is 5.78 Å². The lowest BCUT2D eigenvalue weighted by atomic mass is 9.56. The quantitative estimate of drug-likeness (QED) is 0.598. The number of hydrogen-bond donors (Lipinski definition) is 1. The van der Waals surface area contributed by atoms with Crippen LogP contribution in [0.4, 0.5) is 0 Å². The van der Waals surface area contributed by atoms with Crippen LogP contribution in [0.2, 0.25) is 0 Å². The molecule has 120 valence electrons. The first-order valence-corrected chi connectivity index (χ1v) is 8.82. The smallest absolute Gasteiger partial charge is 0.167 e. The minimum atomic E-state index is -0.311. The molecule has 0 unspecified atom stereocenters. The Morgan fingerprint density at radius 2 is 2.09 bits per heavy atom. The first-order valence-electron chi connectivity index (χ1n) is 8.82. The summed E-state index contributed by atoms with van der Waals surface area (Å²) in [5.41, 5.74) is -0.339. The number of carbonyl (C=O) groups excluding carboxylic acids is 1. The van der Waals surface area contributed by atoms with E-state index in [1.54, 1.807) is 0 Å². The molecule has 0 aromatic carbocycles. The second-order valence-corrected chi connectivity index (χ2v) is 9.09. The van der Waals surface area contributed by atoms with Gasteiger partial charge in [-0.25, -0.2) is 0 Å². The van der Waals surface area contributed by atoms with Gasteiger partial charge in [0.25, 0.3) is 0 Å². The van der Waals surface area contributed by atoms with Gasteiger partial charge in [0, 0.05) is 22.7 Å². The molecule has 22 heavy (non-hydrogen) atoms. The lowest BCUT2D eigenvalue weighted by Gasteiger charge is -2.46. The maximum absolute atomic E-state index is 12.5. The molecule has 3 nitrogen and oxygen atoms in total. The molecule has 1 saturated heterocycles. The predicted octanol–water partition coefficient (Wildman–Crippen LogP) is 2.72. The average molecular weight is 302 g/mol. The first-order chi connectivity index (χ1) is 10.3. The van der Waals surface area contributed by atoms with Gasteiger partial charge in [-0.05, 0) is 37.0 Å². The highest BCUT2D eigenvalue weighted by molar-refractivity contribution is 5.93. The van der Waals surface area contributed by atoms with Gasteiger partial charge in [0.15, 0.2) is 5.78 Å². The van der Waals surface area contributed by atoms with E-state index in [-0.39, 0.29) is 40.0 Å². The van der Waals surface area contributed by atoms with E-state index in [1.807, 2.05) is 0 Å². The number of allylic oxidation sites excluding steroid dienone is 1. The minimum absolute atomic E-state index is 0.0678. The Bertz CT molecular complexity index is 614. The molecule has 0 aromatic rings. The lowest BCUT2D eigenvalue weighted by molar-refractivity contribution is -0.125. The summed E-state index contributed by atoms with van der Waals surface area (Å²) in [7, 11) is 0. The molecular formula is C19H26O3. The van der Waals surface area contributed by atoms with Gasteiger partial charge in [0.2, 0.25) is 0 Å². The number of hydrogen-bond acceptors (Lipinski definition) is 3. The van der Waals surface area contributed by atoms with Gasteiger partial charge in [0.05, 0.1) is 6.10 Å². The van der Waals surface area contributed by atoms with Gasteiger partial charge >= 0.3 is 0 Å². The second kappa shape index (κ2) is 3.39. The number of aliphatic hydroxyl groups is 1. The topological polar surface area (TPSA) is 49.8 Å². The Balaban J connectivity index is 1.72. The third kappa shape index (κ3) is 0.935. The van der Waals surface area contributed by atoms with Crippen LogP contribution in [0.25, 0.3) is 0 Å². The fourth-order valence-corrected chi connectivity index (χ4v) is 8.05. The fraction of sp³-hybridized carbons (Fsp3) is 0.842. The van der Waals surface area contributed by atoms with Crippen LogP contribution in [0.3, 0.4) is 0 Å². The molecule has 2 spiro atoms. The molecule has 0 bridgehead atoms. The van der Waals surface area contributed by atoms with Gasteiger partial charge in [0.1, 0.15) is 11.7 Å². The van der Waals surface area contributed by atoms with E-state index in [0.717, 1.165) is 25.7 Å². The second-order valence-electron chi connectivity index (χ2n) is 9.09. The Hall–Kier alpha value is -0.670. The van der Waals surface area contributed by atoms with Crippen LogP contribution in [0.1, 0.15) is 46.5 Å². The molecule has 0 radical (unpaired) electrons. The number of ketones is 1. The number of aliphatic hydroxyl groups excluding tert-OH is 1. The highest BCUT2D eigenvalue weighted by Gasteiger charge is 2.91. The molecular weight excluding hydrogens is 276 g/mol. The number of ether oxygens (including phenoxy) is 1. The van der Waals surface area contributed by atoms with Crippen LogP contribution in [-0.2, 0) is 9.53 Å². The van der Waals surface area contributed by atoms with Crippen molar-refractivity contribution < 1.29 is 14.6 Å². The average Bonchev–Trinajstić information content (AvgIpc) is 3.00. The van der Waals surface area contributed by atoms with Crippen molar-refractivity contribution in [3.05, 3.63) is 12.7 Å². The summed E-state index contributed by atoms with van der Waals surface area (Å²) in [5.74, 6) is 1.16. The van der Waals surface area contributed by atoms with E-state index in [1.165, 1.54) is 0 Å². The zero-order valence-electron chi connectivity index (χ0n) is 13.8. The zero-order valence-corrected chi connectivity index (χ0v) is 13.8. The monoisotopic (exact) mass is 302 g/mol. The maximum atomic E-state index is 12.5. The van der Waals surface area contributed by atoms with E-state index >= 15 is 0 Å². The Labute approximate surface area is 132 Å². The molecule has 1 heterocycles. The summed E-state index contributed by atoms with van der Waals surface area (Å²) in [6, 6.07) is 0. The number of Topliss-reactive ketones (excluding diaryl/α,β-unsaturated/α-hetero) is 1. The van der Waals surface area contributed by atoms with Crippen molar-refractivity contribution in [2.45, 2.75) is 64.3 Å². The SMILES string of the molecule is C=C[C@H]1CC[C@]23C[C@@H]4[C@H](C)C(=O)[C@H]5O[C@]54[C@@]2(C)C[C@H](O)[C@]13C. The summed E-state index contributed by atoms with van der Waals surface area (Å²) in [6.45, 7) is 10.7. The summed E-state index contributed by atoms with van der Waals surface area (Å²) >= 11 is 0. The molecule has 5 fully saturated rings. The first kappa shape index (κ1) is 13.7. The largest absolute Gasteiger partial charge is 0.392 e. The van der Waals surface area contributed by atoms with Gasteiger partial charge in [-0.3, -0.25) is 4.79 Å². The van der Waals surface area contributed by atoms with E-state index in [4.69, 9.17) is 4.74 Å². The molecule has 4 aliphatic carbocycles. The van der Waals surface area contributed by atoms with Crippen LogP contribution < -0.4 is 0 Å². The maximum Gasteiger partial charge on any atom is 0.167 e. The van der Waals surface area contributed by atoms with Crippen molar-refractivity contribution in [1.82, 2.24) is 0 Å². The van der Waals surface area contributed by atoms with E-state index < -0.39 is 0 Å². The van der Waals surface area contributed by atoms with Crippen LogP contribution in [0.5, 0.6) is 0 Å². The molecule has 5 rings (SSSR count). The lowest BCUT2D eigenvalue weighted by Crippen LogP contribution is -2.46. The van der Waals surface area contributed by atoms with Crippen molar-refractivity contribution in [3.63, 3.8) is 0 Å². The summed E-state index contributed by atoms with van der Waals surface area (Å²) in [4.78, 5) is 12.5. The summed E-state index contributed by atoms with van der Waals surface area (Å²) in [5, 5.41) is 11.0. The molecule has 5 aliphatic rings. The van der Waals surface area contributed by atoms with Gasteiger partial charge < -0.3 is 9.84 Å². The third-order valence-electron chi connectivity index (χ3n) is 9.26. The van der Waals surface area contributed by atoms with Crippen molar-refractivity contribution in [2.24, 2.45) is 34.0 Å². The molecule has 9 atom stereocenters. The van der Waals surface area contributed by atoms with Crippen LogP contribution in [-0.4, -0.2) is 28.7 Å². The number of rotatable bonds is 1. The standard InChI is InChI=1S/C19H26O3/c1-5-11-6-7-18-8-12-10(2)14(21)15-19(12,22-15)16(18,3)9-13(20)17(11,18)4/h5,10-13,15,20H,1,6-9H2,2-4H3/t10-,11-,12+,13-,15+,16-,17-,18-,19-/m0/s1. The Morgan fingerprint density at radius 1 is 1.36 bits per heavy atom. The minimum Gasteiger partial charge on any atom is -0.392 e. The zero-order chi connectivity index (χ0) is 15.7. The predicted molar refractivity (Wildman–Crippen MR) is 82.1 cm³/mol. The van der Waals surface area contributed by atoms with Crippen LogP contribution in [0, 0.1) is 34.0 Å². The molecule has 0 amide bonds. The molecule has 3 heteroatoms. The van der Waals surface area contributed by atoms with Crippen molar-refractivity contribution in [3.8, 4) is 0 Å². The highest BCUT2D eigenvalue weighted by Crippen LogP contribution is 2.87. The number of carbonyl (C=O) groups is 1. The Morgan fingerprint density at radius 3 is 2.77 bits per heavy atom. The normalized spacial score (nSPS) is 67.6. The van der Waals surface area contributed by atoms with Gasteiger partial charge in [-0.2, -0.15) is 0 Å². The molecule has 1 aliphatic heterocycles. The van der Waals surface area contributed by atoms with Crippen LogP contribution >= 0.6 is 0 Å². The molecule has 4 saturated carbocycles. The highest BCUT2D eigenvalue weighted by atomic mass is 16.6. The van der Waals surface area contributed by atoms with Gasteiger partial charge in [-0.15, -0.1) is 6.58 Å². The van der Waals surface area contributed by atoms with Gasteiger partial charge in [-0.1, -0.05) is 26.8 Å². The van der Waals surface area contributed by atoms with Crippen LogP contribution in [0.15, 0.2) is 12.7 Å². The summed E-state index contributed by atoms with van der Waals surface area (Å²) in [6.07, 6.45) is 5.65. The van der Waals surface area contributed by atoms with E-state index in [9.17, 15) is 9.90 Å². The summed E-state index contributed by atoms with van der Waals surface area (Å²) < 4.78 is 6.14. The van der Waals surface area contributed by atoms with Crippen molar-refractivity contribution in [1.29, 1.82) is 0 Å². The fourth-order valence-electron chi connectivity index (χ4n) is 8.05. The Kier molecular flexibility index (Phi) is 2.12. The molecule has 0 aromatic heterocycles. The third-order valence-corrected chi connectivity index (χ3v) is 9.26. The van der Waals surface area contributed by atoms with Crippen molar-refractivity contribution in [2.75, 3.05) is 0 Å². The van der Waals surface area contributed by atoms with E-state index in [0.29, 0.717) is 17.6 Å². The molecule has 1 N–H and O–H groups in total. The number of epoxide rings is 1. The van der Waals surface area contributed by atoms with E-state index in [2.05, 4.69) is 33.4 Å².